The molecule has 1 heterocycles. The lowest BCUT2D eigenvalue weighted by atomic mass is 10.4. The molecule has 0 atom stereocenters. The van der Waals surface area contributed by atoms with Crippen LogP contribution >= 0.6 is 0 Å². The number of nitrogens with one attached hydrogen (secondary N) is 1. The molecule has 1 N–H and O–H groups in total. The van der Waals surface area contributed by atoms with Crippen molar-refractivity contribution in [2.24, 2.45) is 5.92 Å². The fourth-order valence-corrected chi connectivity index (χ4v) is 1.68. The van der Waals surface area contributed by atoms with Crippen molar-refractivity contribution in [3.8, 4) is 0 Å². The van der Waals surface area contributed by atoms with Crippen LogP contribution in [0, 0.1) is 5.92 Å². The molecule has 1 aliphatic rings. The Morgan fingerprint density at radius 2 is 2.44 bits per heavy atom. The molecule has 1 fully saturated rings. The van der Waals surface area contributed by atoms with E-state index in [2.05, 4.69) is 21.8 Å². The zero-order valence-corrected chi connectivity index (χ0v) is 9.98. The highest BCUT2D eigenvalue weighted by atomic mass is 16.5. The second kappa shape index (κ2) is 6.01. The average Bonchev–Trinajstić information content (AvgIpc) is 3.01. The topological polar surface area (TPSA) is 39.1 Å². The van der Waals surface area contributed by atoms with Crippen molar-refractivity contribution in [3.05, 3.63) is 18.2 Å². The molecule has 0 unspecified atom stereocenters. The van der Waals surface area contributed by atoms with Crippen LogP contribution in [0.5, 0.6) is 0 Å². The van der Waals surface area contributed by atoms with E-state index in [0.717, 1.165) is 38.8 Å². The van der Waals surface area contributed by atoms with Gasteiger partial charge in [-0.25, -0.2) is 4.98 Å². The third-order valence-electron chi connectivity index (χ3n) is 2.92. The highest BCUT2D eigenvalue weighted by Gasteiger charge is 2.20. The summed E-state index contributed by atoms with van der Waals surface area (Å²) in [5, 5.41) is 3.37. The molecule has 2 rings (SSSR count). The van der Waals surface area contributed by atoms with Crippen molar-refractivity contribution in [1.82, 2.24) is 14.9 Å². The molecule has 0 aliphatic heterocycles. The van der Waals surface area contributed by atoms with Crippen LogP contribution < -0.4 is 5.32 Å². The molecule has 1 aliphatic carbocycles. The van der Waals surface area contributed by atoms with Gasteiger partial charge in [0.15, 0.2) is 0 Å². The van der Waals surface area contributed by atoms with Crippen LogP contribution in [0.15, 0.2) is 12.5 Å². The summed E-state index contributed by atoms with van der Waals surface area (Å²) in [6, 6.07) is 0. The first kappa shape index (κ1) is 11.6. The van der Waals surface area contributed by atoms with Gasteiger partial charge in [0.1, 0.15) is 0 Å². The third-order valence-corrected chi connectivity index (χ3v) is 2.92. The van der Waals surface area contributed by atoms with Crippen LogP contribution in [0.1, 0.15) is 25.5 Å². The van der Waals surface area contributed by atoms with Gasteiger partial charge in [-0.05, 0) is 25.7 Å². The maximum atomic E-state index is 5.55. The molecule has 1 aromatic rings. The summed E-state index contributed by atoms with van der Waals surface area (Å²) in [5.74, 6) is 0.863. The van der Waals surface area contributed by atoms with Crippen molar-refractivity contribution >= 4 is 0 Å². The van der Waals surface area contributed by atoms with Gasteiger partial charge in [0.2, 0.25) is 0 Å². The number of ether oxygens (including phenoxy) is 1. The fraction of sp³-hybridized carbons (Fsp3) is 0.750. The van der Waals surface area contributed by atoms with Gasteiger partial charge in [-0.3, -0.25) is 0 Å². The summed E-state index contributed by atoms with van der Waals surface area (Å²) >= 11 is 0. The molecule has 4 heteroatoms. The van der Waals surface area contributed by atoms with Crippen molar-refractivity contribution in [2.75, 3.05) is 19.8 Å². The van der Waals surface area contributed by atoms with Crippen LogP contribution in [-0.4, -0.2) is 29.3 Å². The van der Waals surface area contributed by atoms with E-state index in [-0.39, 0.29) is 0 Å². The number of hydrogen-bond acceptors (Lipinski definition) is 3. The maximum Gasteiger partial charge on any atom is 0.0948 e. The van der Waals surface area contributed by atoms with Crippen molar-refractivity contribution in [2.45, 2.75) is 32.9 Å². The van der Waals surface area contributed by atoms with Gasteiger partial charge in [-0.2, -0.15) is 0 Å². The minimum Gasteiger partial charge on any atom is -0.380 e. The van der Waals surface area contributed by atoms with E-state index in [4.69, 9.17) is 4.74 Å². The van der Waals surface area contributed by atoms with Crippen molar-refractivity contribution in [1.29, 1.82) is 0 Å². The van der Waals surface area contributed by atoms with E-state index in [9.17, 15) is 0 Å². The number of rotatable bonds is 8. The van der Waals surface area contributed by atoms with Gasteiger partial charge < -0.3 is 14.6 Å². The monoisotopic (exact) mass is 223 g/mol. The van der Waals surface area contributed by atoms with Gasteiger partial charge in [-0.15, -0.1) is 0 Å². The lowest BCUT2D eigenvalue weighted by Crippen LogP contribution is -2.21. The molecule has 0 spiro atoms. The van der Waals surface area contributed by atoms with E-state index in [1.807, 2.05) is 12.5 Å². The molecule has 1 aromatic heterocycles. The number of nitrogens with zero attached hydrogens (tertiary/aromatic N) is 2. The number of aromatic nitrogens is 2. The Morgan fingerprint density at radius 1 is 1.56 bits per heavy atom. The molecule has 90 valence electrons. The molecule has 0 amide bonds. The van der Waals surface area contributed by atoms with E-state index < -0.39 is 0 Å². The second-order valence-corrected chi connectivity index (χ2v) is 4.37. The van der Waals surface area contributed by atoms with Crippen LogP contribution in [0.4, 0.5) is 0 Å². The molecule has 4 nitrogen and oxygen atoms in total. The molecule has 0 saturated heterocycles. The fourth-order valence-electron chi connectivity index (χ4n) is 1.68. The summed E-state index contributed by atoms with van der Waals surface area (Å²) in [7, 11) is 0. The Labute approximate surface area is 97.0 Å². The predicted molar refractivity (Wildman–Crippen MR) is 63.2 cm³/mol. The zero-order chi connectivity index (χ0) is 11.2. The summed E-state index contributed by atoms with van der Waals surface area (Å²) < 4.78 is 7.70. The summed E-state index contributed by atoms with van der Waals surface area (Å²) in [6.45, 7) is 6.67. The van der Waals surface area contributed by atoms with Crippen molar-refractivity contribution in [3.63, 3.8) is 0 Å². The van der Waals surface area contributed by atoms with Gasteiger partial charge in [0, 0.05) is 32.4 Å². The molecule has 0 radical (unpaired) electrons. The smallest absolute Gasteiger partial charge is 0.0948 e. The quantitative estimate of drug-likeness (QED) is 0.677. The first-order valence-electron chi connectivity index (χ1n) is 6.17. The van der Waals surface area contributed by atoms with Crippen LogP contribution in [0.2, 0.25) is 0 Å². The Bertz CT molecular complexity index is 307. The molecular weight excluding hydrogens is 202 g/mol. The molecular formula is C12H21N3O. The summed E-state index contributed by atoms with van der Waals surface area (Å²) in [6.07, 6.45) is 6.52. The number of aryl methyl sites for hydroxylation is 1. The van der Waals surface area contributed by atoms with E-state index in [1.165, 1.54) is 18.5 Å². The summed E-state index contributed by atoms with van der Waals surface area (Å²) in [5.41, 5.74) is 1.24. The molecule has 0 bridgehead atoms. The van der Waals surface area contributed by atoms with Crippen LogP contribution in [-0.2, 0) is 17.8 Å². The largest absolute Gasteiger partial charge is 0.380 e. The maximum absolute atomic E-state index is 5.55. The Morgan fingerprint density at radius 3 is 3.19 bits per heavy atom. The lowest BCUT2D eigenvalue weighted by Gasteiger charge is -2.07. The zero-order valence-electron chi connectivity index (χ0n) is 9.98. The number of imidazole rings is 1. The van der Waals surface area contributed by atoms with Gasteiger partial charge in [0.25, 0.3) is 0 Å². The van der Waals surface area contributed by atoms with Crippen LogP contribution in [0.3, 0.4) is 0 Å². The minimum absolute atomic E-state index is 0.816. The second-order valence-electron chi connectivity index (χ2n) is 4.37. The third kappa shape index (κ3) is 3.61. The predicted octanol–water partition coefficient (Wildman–Crippen LogP) is 1.42. The minimum atomic E-state index is 0.816. The SMILES string of the molecule is CCn1cncc1CNCCOCC1CC1. The van der Waals surface area contributed by atoms with Gasteiger partial charge in [0.05, 0.1) is 18.6 Å². The first-order valence-corrected chi connectivity index (χ1v) is 6.17. The average molecular weight is 223 g/mol. The Hall–Kier alpha value is -0.870. The standard InChI is InChI=1S/C12H21N3O/c1-2-15-10-14-8-12(15)7-13-5-6-16-9-11-3-4-11/h8,10-11,13H,2-7,9H2,1H3. The Balaban J connectivity index is 1.53. The van der Waals surface area contributed by atoms with Crippen LogP contribution in [0.25, 0.3) is 0 Å². The Kier molecular flexibility index (Phi) is 4.36. The number of hydrogen-bond donors (Lipinski definition) is 1. The molecule has 1 saturated carbocycles. The highest BCUT2D eigenvalue weighted by molar-refractivity contribution is 4.97. The normalized spacial score (nSPS) is 15.6. The molecule has 0 aromatic carbocycles. The van der Waals surface area contributed by atoms with Gasteiger partial charge in [-0.1, -0.05) is 0 Å². The molecule has 16 heavy (non-hydrogen) atoms. The van der Waals surface area contributed by atoms with E-state index in [1.54, 1.807) is 0 Å². The van der Waals surface area contributed by atoms with Crippen molar-refractivity contribution < 1.29 is 4.74 Å². The highest BCUT2D eigenvalue weighted by Crippen LogP contribution is 2.28. The van der Waals surface area contributed by atoms with Gasteiger partial charge >= 0.3 is 0 Å². The summed E-state index contributed by atoms with van der Waals surface area (Å²) in [4.78, 5) is 4.13. The van der Waals surface area contributed by atoms with E-state index in [0.29, 0.717) is 0 Å². The van der Waals surface area contributed by atoms with E-state index >= 15 is 0 Å². The lowest BCUT2D eigenvalue weighted by molar-refractivity contribution is 0.126. The first-order chi connectivity index (χ1) is 7.90.